The Labute approximate surface area is 117 Å². The van der Waals surface area contributed by atoms with E-state index < -0.39 is 5.97 Å². The predicted molar refractivity (Wildman–Crippen MR) is 75.5 cm³/mol. The van der Waals surface area contributed by atoms with Gasteiger partial charge < -0.3 is 15.2 Å². The average Bonchev–Trinajstić information content (AvgIpc) is 2.45. The number of nitrogens with two attached hydrogens (primary N) is 1. The molecule has 2 aromatic rings. The van der Waals surface area contributed by atoms with Gasteiger partial charge in [-0.05, 0) is 31.2 Å². The number of carbonyl (C=O) groups excluding carboxylic acids is 1. The van der Waals surface area contributed by atoms with Gasteiger partial charge in [0.25, 0.3) is 0 Å². The maximum absolute atomic E-state index is 12.0. The number of nitrogens with zero attached hydrogens (tertiary/aromatic N) is 1. The molecule has 0 spiro atoms. The number of carbonyl (C=O) groups is 1. The molecule has 0 aliphatic carbocycles. The summed E-state index contributed by atoms with van der Waals surface area (Å²) in [6, 6.07) is 10.5. The van der Waals surface area contributed by atoms with E-state index in [0.29, 0.717) is 11.4 Å². The van der Waals surface area contributed by atoms with Gasteiger partial charge in [0.05, 0.1) is 24.1 Å². The van der Waals surface area contributed by atoms with Crippen molar-refractivity contribution >= 4 is 11.7 Å². The van der Waals surface area contributed by atoms with Crippen molar-refractivity contribution in [1.29, 1.82) is 0 Å². The minimum atomic E-state index is -0.496. The average molecular weight is 272 g/mol. The Hall–Kier alpha value is -2.56. The van der Waals surface area contributed by atoms with E-state index in [4.69, 9.17) is 15.2 Å². The summed E-state index contributed by atoms with van der Waals surface area (Å²) < 4.78 is 10.3. The lowest BCUT2D eigenvalue weighted by molar-refractivity contribution is 0.0468. The Morgan fingerprint density at radius 2 is 2.00 bits per heavy atom. The molecule has 0 fully saturated rings. The number of methoxy groups -OCH3 is 1. The maximum Gasteiger partial charge on any atom is 0.340 e. The Balaban J connectivity index is 2.09. The zero-order valence-electron chi connectivity index (χ0n) is 11.4. The second-order valence-corrected chi connectivity index (χ2v) is 4.27. The third kappa shape index (κ3) is 3.06. The SMILES string of the molecule is COc1cccc(C(=O)OCc2cccc(C)n2)c1N. The molecule has 20 heavy (non-hydrogen) atoms. The lowest BCUT2D eigenvalue weighted by Gasteiger charge is -2.09. The van der Waals surface area contributed by atoms with Crippen LogP contribution in [0.3, 0.4) is 0 Å². The highest BCUT2D eigenvalue weighted by Gasteiger charge is 2.14. The Bertz CT molecular complexity index is 626. The molecule has 5 nitrogen and oxygen atoms in total. The van der Waals surface area contributed by atoms with Crippen molar-refractivity contribution < 1.29 is 14.3 Å². The smallest absolute Gasteiger partial charge is 0.340 e. The molecular formula is C15H16N2O3. The molecule has 0 bridgehead atoms. The number of para-hydroxylation sites is 1. The van der Waals surface area contributed by atoms with Gasteiger partial charge in [0.2, 0.25) is 0 Å². The number of pyridine rings is 1. The molecule has 2 rings (SSSR count). The second kappa shape index (κ2) is 6.06. The highest BCUT2D eigenvalue weighted by molar-refractivity contribution is 5.96. The van der Waals surface area contributed by atoms with Crippen LogP contribution in [0.2, 0.25) is 0 Å². The summed E-state index contributed by atoms with van der Waals surface area (Å²) in [5.41, 5.74) is 7.98. The van der Waals surface area contributed by atoms with E-state index in [1.165, 1.54) is 7.11 Å². The topological polar surface area (TPSA) is 74.4 Å². The fourth-order valence-electron chi connectivity index (χ4n) is 1.80. The molecule has 104 valence electrons. The summed E-state index contributed by atoms with van der Waals surface area (Å²) in [6.45, 7) is 1.99. The molecule has 5 heteroatoms. The molecule has 0 unspecified atom stereocenters. The van der Waals surface area contributed by atoms with Crippen LogP contribution in [0.1, 0.15) is 21.7 Å². The molecule has 0 aliphatic rings. The Kier molecular flexibility index (Phi) is 4.20. The molecule has 0 radical (unpaired) electrons. The van der Waals surface area contributed by atoms with Crippen LogP contribution in [-0.2, 0) is 11.3 Å². The molecule has 1 heterocycles. The molecule has 0 aliphatic heterocycles. The molecule has 0 atom stereocenters. The third-order valence-corrected chi connectivity index (χ3v) is 2.80. The van der Waals surface area contributed by atoms with Crippen molar-refractivity contribution in [3.8, 4) is 5.75 Å². The largest absolute Gasteiger partial charge is 0.495 e. The Morgan fingerprint density at radius 1 is 1.25 bits per heavy atom. The zero-order chi connectivity index (χ0) is 14.5. The summed E-state index contributed by atoms with van der Waals surface area (Å²) in [4.78, 5) is 16.3. The van der Waals surface area contributed by atoms with Gasteiger partial charge in [0.1, 0.15) is 12.4 Å². The van der Waals surface area contributed by atoms with Gasteiger partial charge in [-0.1, -0.05) is 12.1 Å². The van der Waals surface area contributed by atoms with Crippen molar-refractivity contribution in [2.45, 2.75) is 13.5 Å². The first-order chi connectivity index (χ1) is 9.61. The lowest BCUT2D eigenvalue weighted by atomic mass is 10.1. The van der Waals surface area contributed by atoms with Crippen molar-refractivity contribution in [3.05, 3.63) is 53.3 Å². The number of hydrogen-bond acceptors (Lipinski definition) is 5. The predicted octanol–water partition coefficient (Wildman–Crippen LogP) is 2.34. The van der Waals surface area contributed by atoms with Gasteiger partial charge in [0.15, 0.2) is 0 Å². The van der Waals surface area contributed by atoms with Gasteiger partial charge in [-0.3, -0.25) is 4.98 Å². The van der Waals surface area contributed by atoms with Crippen LogP contribution in [-0.4, -0.2) is 18.1 Å². The van der Waals surface area contributed by atoms with Gasteiger partial charge in [-0.15, -0.1) is 0 Å². The monoisotopic (exact) mass is 272 g/mol. The van der Waals surface area contributed by atoms with Crippen LogP contribution < -0.4 is 10.5 Å². The van der Waals surface area contributed by atoms with Crippen LogP contribution in [0, 0.1) is 6.92 Å². The van der Waals surface area contributed by atoms with E-state index in [1.807, 2.05) is 19.1 Å². The van der Waals surface area contributed by atoms with Crippen LogP contribution in [0.4, 0.5) is 5.69 Å². The number of nitrogen functional groups attached to an aromatic ring is 1. The van der Waals surface area contributed by atoms with Crippen molar-refractivity contribution in [2.75, 3.05) is 12.8 Å². The lowest BCUT2D eigenvalue weighted by Crippen LogP contribution is -2.09. The molecule has 0 saturated heterocycles. The molecule has 2 N–H and O–H groups in total. The number of ether oxygens (including phenoxy) is 2. The van der Waals surface area contributed by atoms with Crippen LogP contribution >= 0.6 is 0 Å². The second-order valence-electron chi connectivity index (χ2n) is 4.27. The van der Waals surface area contributed by atoms with Crippen molar-refractivity contribution in [3.63, 3.8) is 0 Å². The first kappa shape index (κ1) is 13.9. The summed E-state index contributed by atoms with van der Waals surface area (Å²) >= 11 is 0. The fraction of sp³-hybridized carbons (Fsp3) is 0.200. The minimum absolute atomic E-state index is 0.108. The minimum Gasteiger partial charge on any atom is -0.495 e. The third-order valence-electron chi connectivity index (χ3n) is 2.80. The number of anilines is 1. The van der Waals surface area contributed by atoms with E-state index in [1.54, 1.807) is 24.3 Å². The zero-order valence-corrected chi connectivity index (χ0v) is 11.4. The van der Waals surface area contributed by atoms with Gasteiger partial charge in [-0.2, -0.15) is 0 Å². The van der Waals surface area contributed by atoms with E-state index in [0.717, 1.165) is 5.69 Å². The highest BCUT2D eigenvalue weighted by Crippen LogP contribution is 2.25. The number of aryl methyl sites for hydroxylation is 1. The first-order valence-electron chi connectivity index (χ1n) is 6.14. The molecule has 0 saturated carbocycles. The number of aromatic nitrogens is 1. The van der Waals surface area contributed by atoms with Crippen LogP contribution in [0.5, 0.6) is 5.75 Å². The fourth-order valence-corrected chi connectivity index (χ4v) is 1.80. The van der Waals surface area contributed by atoms with Gasteiger partial charge >= 0.3 is 5.97 Å². The highest BCUT2D eigenvalue weighted by atomic mass is 16.5. The Morgan fingerprint density at radius 3 is 2.70 bits per heavy atom. The molecular weight excluding hydrogens is 256 g/mol. The number of esters is 1. The van der Waals surface area contributed by atoms with Crippen LogP contribution in [0.15, 0.2) is 36.4 Å². The van der Waals surface area contributed by atoms with Gasteiger partial charge in [-0.25, -0.2) is 4.79 Å². The normalized spacial score (nSPS) is 10.1. The molecule has 1 aromatic carbocycles. The summed E-state index contributed by atoms with van der Waals surface area (Å²) in [5.74, 6) is -0.0437. The van der Waals surface area contributed by atoms with E-state index in [9.17, 15) is 4.79 Å². The van der Waals surface area contributed by atoms with Crippen LogP contribution in [0.25, 0.3) is 0 Å². The summed E-state index contributed by atoms with van der Waals surface area (Å²) in [5, 5.41) is 0. The van der Waals surface area contributed by atoms with Crippen molar-refractivity contribution in [1.82, 2.24) is 4.98 Å². The number of benzene rings is 1. The van der Waals surface area contributed by atoms with E-state index >= 15 is 0 Å². The quantitative estimate of drug-likeness (QED) is 0.683. The van der Waals surface area contributed by atoms with E-state index in [2.05, 4.69) is 4.98 Å². The first-order valence-corrected chi connectivity index (χ1v) is 6.14. The maximum atomic E-state index is 12.0. The van der Waals surface area contributed by atoms with Gasteiger partial charge in [0, 0.05) is 5.69 Å². The number of hydrogen-bond donors (Lipinski definition) is 1. The van der Waals surface area contributed by atoms with E-state index in [-0.39, 0.29) is 17.9 Å². The number of rotatable bonds is 4. The summed E-state index contributed by atoms with van der Waals surface area (Å²) in [7, 11) is 1.50. The van der Waals surface area contributed by atoms with Crippen molar-refractivity contribution in [2.24, 2.45) is 0 Å². The molecule has 1 aromatic heterocycles. The molecule has 0 amide bonds. The summed E-state index contributed by atoms with van der Waals surface area (Å²) in [6.07, 6.45) is 0. The standard InChI is InChI=1S/C15H16N2O3/c1-10-5-3-6-11(17-10)9-20-15(18)12-7-4-8-13(19-2)14(12)16/h3-8H,9,16H2,1-2H3.